The van der Waals surface area contributed by atoms with Crippen molar-refractivity contribution in [2.45, 2.75) is 44.2 Å². The molecule has 4 rings (SSSR count). The van der Waals surface area contributed by atoms with Gasteiger partial charge in [-0.3, -0.25) is 4.79 Å². The molecule has 0 spiro atoms. The van der Waals surface area contributed by atoms with Crippen molar-refractivity contribution in [1.29, 1.82) is 0 Å². The zero-order valence-electron chi connectivity index (χ0n) is 13.4. The van der Waals surface area contributed by atoms with Crippen molar-refractivity contribution in [1.82, 2.24) is 14.5 Å². The van der Waals surface area contributed by atoms with Gasteiger partial charge in [-0.1, -0.05) is 6.92 Å². The zero-order valence-corrected chi connectivity index (χ0v) is 14.2. The number of aliphatic hydroxyl groups is 1. The number of β-lactam (4-membered cyclic amide) rings is 1. The van der Waals surface area contributed by atoms with Gasteiger partial charge in [0.1, 0.15) is 11.5 Å². The predicted octanol–water partition coefficient (Wildman–Crippen LogP) is 0.695. The topological polar surface area (TPSA) is 95.7 Å². The molecule has 1 saturated heterocycles. The number of carboxylic acid groups (broad SMARTS) is 1. The molecule has 7 nitrogen and oxygen atoms in total. The Bertz CT molecular complexity index is 736. The zero-order chi connectivity index (χ0) is 17.2. The summed E-state index contributed by atoms with van der Waals surface area (Å²) >= 11 is 1.55. The van der Waals surface area contributed by atoms with E-state index in [0.717, 1.165) is 23.7 Å². The molecular formula is C16H19N3O4S. The van der Waals surface area contributed by atoms with Crippen LogP contribution < -0.4 is 0 Å². The van der Waals surface area contributed by atoms with E-state index in [9.17, 15) is 19.8 Å². The molecule has 4 heterocycles. The van der Waals surface area contributed by atoms with Crippen molar-refractivity contribution in [2.75, 3.05) is 0 Å². The lowest BCUT2D eigenvalue weighted by molar-refractivity contribution is -0.163. The van der Waals surface area contributed by atoms with Crippen LogP contribution in [0.25, 0.3) is 0 Å². The maximum atomic E-state index is 12.3. The molecule has 1 amide bonds. The fraction of sp³-hybridized carbons (Fsp3) is 0.562. The number of aliphatic hydroxyl groups excluding tert-OH is 1. The normalized spacial score (nSPS) is 32.6. The number of aliphatic carboxylic acids is 1. The van der Waals surface area contributed by atoms with Gasteiger partial charge in [0.05, 0.1) is 18.1 Å². The molecular weight excluding hydrogens is 330 g/mol. The predicted molar refractivity (Wildman–Crippen MR) is 86.9 cm³/mol. The van der Waals surface area contributed by atoms with Crippen LogP contribution in [0.3, 0.4) is 0 Å². The Hall–Kier alpha value is -1.80. The summed E-state index contributed by atoms with van der Waals surface area (Å²) in [4.78, 5) is 30.5. The number of carbonyl (C=O) groups is 2. The summed E-state index contributed by atoms with van der Waals surface area (Å²) in [6.07, 6.45) is 3.73. The fourth-order valence-electron chi connectivity index (χ4n) is 4.12. The first-order valence-corrected chi connectivity index (χ1v) is 8.93. The average molecular weight is 349 g/mol. The first-order valence-electron chi connectivity index (χ1n) is 8.05. The van der Waals surface area contributed by atoms with Gasteiger partial charge >= 0.3 is 5.97 Å². The number of aromatic nitrogens is 2. The van der Waals surface area contributed by atoms with Crippen LogP contribution in [0.4, 0.5) is 0 Å². The Labute approximate surface area is 143 Å². The highest BCUT2D eigenvalue weighted by atomic mass is 32.2. The van der Waals surface area contributed by atoms with Gasteiger partial charge in [0.2, 0.25) is 5.91 Å². The summed E-state index contributed by atoms with van der Waals surface area (Å²) < 4.78 is 2.08. The van der Waals surface area contributed by atoms with Gasteiger partial charge in [-0.2, -0.15) is 0 Å². The van der Waals surface area contributed by atoms with Gasteiger partial charge in [0, 0.05) is 41.4 Å². The largest absolute Gasteiger partial charge is 0.477 e. The van der Waals surface area contributed by atoms with E-state index in [1.807, 2.05) is 13.1 Å². The highest BCUT2D eigenvalue weighted by Crippen LogP contribution is 2.51. The molecule has 0 saturated carbocycles. The quantitative estimate of drug-likeness (QED) is 0.777. The molecule has 5 atom stereocenters. The SMILES string of the molecule is CC(O)C1C(=O)N2C(C(=O)O)=C(SC3Cc4nccn4C3)C(C)C12. The molecule has 0 aromatic carbocycles. The summed E-state index contributed by atoms with van der Waals surface area (Å²) in [5, 5.41) is 19.7. The summed E-state index contributed by atoms with van der Waals surface area (Å²) in [6.45, 7) is 4.33. The number of nitrogens with zero attached hydrogens (tertiary/aromatic N) is 3. The molecule has 2 N–H and O–H groups in total. The standard InChI is InChI=1S/C16H19N3O4S/c1-7-12-11(8(2)20)15(21)19(12)13(16(22)23)14(7)24-9-5-10-17-3-4-18(10)6-9/h3-4,7-9,11-12,20H,5-6H2,1-2H3,(H,22,23). The van der Waals surface area contributed by atoms with Crippen molar-refractivity contribution < 1.29 is 19.8 Å². The molecule has 8 heteroatoms. The van der Waals surface area contributed by atoms with Gasteiger partial charge in [0.25, 0.3) is 0 Å². The van der Waals surface area contributed by atoms with Crippen LogP contribution in [-0.2, 0) is 22.6 Å². The second kappa shape index (κ2) is 5.35. The molecule has 3 aliphatic rings. The molecule has 24 heavy (non-hydrogen) atoms. The second-order valence-electron chi connectivity index (χ2n) is 6.71. The third kappa shape index (κ3) is 2.05. The molecule has 0 radical (unpaired) electrons. The third-order valence-corrected chi connectivity index (χ3v) is 6.69. The highest BCUT2D eigenvalue weighted by molar-refractivity contribution is 8.03. The van der Waals surface area contributed by atoms with Crippen molar-refractivity contribution in [3.63, 3.8) is 0 Å². The number of carbonyl (C=O) groups excluding carboxylic acids is 1. The third-order valence-electron chi connectivity index (χ3n) is 5.22. The Balaban J connectivity index is 1.61. The molecule has 128 valence electrons. The Morgan fingerprint density at radius 3 is 2.88 bits per heavy atom. The highest BCUT2D eigenvalue weighted by Gasteiger charge is 2.60. The van der Waals surface area contributed by atoms with E-state index in [2.05, 4.69) is 9.55 Å². The fourth-order valence-corrected chi connectivity index (χ4v) is 5.60. The van der Waals surface area contributed by atoms with Crippen molar-refractivity contribution >= 4 is 23.6 Å². The summed E-state index contributed by atoms with van der Waals surface area (Å²) in [7, 11) is 0. The molecule has 0 aliphatic carbocycles. The van der Waals surface area contributed by atoms with Crippen LogP contribution in [0.15, 0.2) is 23.0 Å². The van der Waals surface area contributed by atoms with Gasteiger partial charge in [-0.25, -0.2) is 9.78 Å². The van der Waals surface area contributed by atoms with E-state index >= 15 is 0 Å². The number of imidazole rings is 1. The van der Waals surface area contributed by atoms with Crippen LogP contribution in [0.2, 0.25) is 0 Å². The minimum atomic E-state index is -1.07. The van der Waals surface area contributed by atoms with E-state index in [-0.39, 0.29) is 28.8 Å². The Morgan fingerprint density at radius 2 is 2.25 bits per heavy atom. The monoisotopic (exact) mass is 349 g/mol. The first kappa shape index (κ1) is 15.7. The molecule has 0 bridgehead atoms. The number of fused-ring (bicyclic) bond motifs is 2. The Morgan fingerprint density at radius 1 is 1.50 bits per heavy atom. The van der Waals surface area contributed by atoms with Gasteiger partial charge < -0.3 is 19.7 Å². The molecule has 1 aromatic heterocycles. The number of carboxylic acids is 1. The summed E-state index contributed by atoms with van der Waals surface area (Å²) in [5.74, 6) is -0.927. The maximum Gasteiger partial charge on any atom is 0.353 e. The van der Waals surface area contributed by atoms with Crippen LogP contribution >= 0.6 is 11.8 Å². The van der Waals surface area contributed by atoms with Crippen LogP contribution in [-0.4, -0.2) is 53.9 Å². The van der Waals surface area contributed by atoms with E-state index in [1.54, 1.807) is 24.9 Å². The lowest BCUT2D eigenvalue weighted by Crippen LogP contribution is -2.63. The second-order valence-corrected chi connectivity index (χ2v) is 8.05. The van der Waals surface area contributed by atoms with Crippen molar-refractivity contribution in [3.05, 3.63) is 28.8 Å². The van der Waals surface area contributed by atoms with Gasteiger partial charge in [0.15, 0.2) is 0 Å². The lowest BCUT2D eigenvalue weighted by Gasteiger charge is -2.46. The molecule has 1 fully saturated rings. The van der Waals surface area contributed by atoms with E-state index in [1.165, 1.54) is 4.90 Å². The van der Waals surface area contributed by atoms with Crippen LogP contribution in [0, 0.1) is 11.8 Å². The maximum absolute atomic E-state index is 12.3. The van der Waals surface area contributed by atoms with E-state index in [4.69, 9.17) is 0 Å². The summed E-state index contributed by atoms with van der Waals surface area (Å²) in [6, 6.07) is -0.246. The van der Waals surface area contributed by atoms with Crippen LogP contribution in [0.1, 0.15) is 19.7 Å². The lowest BCUT2D eigenvalue weighted by atomic mass is 9.79. The number of rotatable bonds is 4. The number of hydrogen-bond acceptors (Lipinski definition) is 5. The molecule has 3 aliphatic heterocycles. The minimum absolute atomic E-state index is 0.0775. The van der Waals surface area contributed by atoms with Gasteiger partial charge in [-0.15, -0.1) is 11.8 Å². The first-order chi connectivity index (χ1) is 11.4. The Kier molecular flexibility index (Phi) is 3.50. The van der Waals surface area contributed by atoms with Crippen molar-refractivity contribution in [3.8, 4) is 0 Å². The average Bonchev–Trinajstić information content (AvgIpc) is 3.12. The van der Waals surface area contributed by atoms with Gasteiger partial charge in [-0.05, 0) is 6.92 Å². The smallest absolute Gasteiger partial charge is 0.353 e. The number of thioether (sulfide) groups is 1. The summed E-state index contributed by atoms with van der Waals surface area (Å²) in [5.41, 5.74) is 0.101. The van der Waals surface area contributed by atoms with E-state index < -0.39 is 18.0 Å². The molecule has 5 unspecified atom stereocenters. The van der Waals surface area contributed by atoms with Crippen molar-refractivity contribution in [2.24, 2.45) is 11.8 Å². The van der Waals surface area contributed by atoms with Crippen LogP contribution in [0.5, 0.6) is 0 Å². The minimum Gasteiger partial charge on any atom is -0.477 e. The van der Waals surface area contributed by atoms with E-state index in [0.29, 0.717) is 0 Å². The number of amides is 1. The molecule has 1 aromatic rings. The number of hydrogen-bond donors (Lipinski definition) is 2.